The maximum atomic E-state index is 13.2. The summed E-state index contributed by atoms with van der Waals surface area (Å²) < 4.78 is 0. The normalized spacial score (nSPS) is 15.4. The molecule has 3 N–H and O–H groups in total. The highest BCUT2D eigenvalue weighted by Crippen LogP contribution is 2.33. The number of aryl methyl sites for hydroxylation is 1. The molecule has 2 aromatic carbocycles. The molecule has 1 saturated heterocycles. The summed E-state index contributed by atoms with van der Waals surface area (Å²) in [5.41, 5.74) is 6.70. The first-order valence-corrected chi connectivity index (χ1v) is 13.9. The topological polar surface area (TPSA) is 98.1 Å². The van der Waals surface area contributed by atoms with Crippen LogP contribution in [-0.4, -0.2) is 46.3 Å². The van der Waals surface area contributed by atoms with Crippen LogP contribution in [0.25, 0.3) is 22.0 Å². The molecule has 1 aliphatic rings. The molecule has 0 radical (unpaired) electrons. The molecule has 2 amide bonds. The summed E-state index contributed by atoms with van der Waals surface area (Å²) in [7, 11) is 0. The third-order valence-electron chi connectivity index (χ3n) is 7.71. The van der Waals surface area contributed by atoms with E-state index in [2.05, 4.69) is 57.7 Å². The van der Waals surface area contributed by atoms with Gasteiger partial charge in [0.15, 0.2) is 0 Å². The van der Waals surface area contributed by atoms with Gasteiger partial charge in [0.25, 0.3) is 0 Å². The Bertz CT molecular complexity index is 1480. The molecule has 5 rings (SSSR count). The number of hydrogen-bond donors (Lipinski definition) is 3. The van der Waals surface area contributed by atoms with Crippen molar-refractivity contribution in [3.63, 3.8) is 0 Å². The number of nitrogens with zero attached hydrogens (tertiary/aromatic N) is 1. The van der Waals surface area contributed by atoms with Crippen molar-refractivity contribution in [1.29, 1.82) is 0 Å². The van der Waals surface area contributed by atoms with Gasteiger partial charge in [-0.2, -0.15) is 0 Å². The van der Waals surface area contributed by atoms with Gasteiger partial charge in [0.2, 0.25) is 17.4 Å². The van der Waals surface area contributed by atoms with Gasteiger partial charge in [-0.1, -0.05) is 42.5 Å². The van der Waals surface area contributed by atoms with Crippen LogP contribution in [-0.2, 0) is 22.4 Å². The second-order valence-corrected chi connectivity index (χ2v) is 10.5. The Labute approximate surface area is 228 Å². The highest BCUT2D eigenvalue weighted by atomic mass is 16.2. The highest BCUT2D eigenvalue weighted by Gasteiger charge is 2.28. The molecular weight excluding hydrogens is 488 g/mol. The summed E-state index contributed by atoms with van der Waals surface area (Å²) in [6.45, 7) is 3.69. The van der Waals surface area contributed by atoms with Gasteiger partial charge in [-0.15, -0.1) is 0 Å². The van der Waals surface area contributed by atoms with Crippen molar-refractivity contribution in [2.45, 2.75) is 51.4 Å². The van der Waals surface area contributed by atoms with Crippen LogP contribution >= 0.6 is 0 Å². The van der Waals surface area contributed by atoms with Gasteiger partial charge in [0.05, 0.1) is 0 Å². The van der Waals surface area contributed by atoms with Crippen LogP contribution in [0, 0.1) is 0 Å². The Morgan fingerprint density at radius 2 is 1.79 bits per heavy atom. The fourth-order valence-corrected chi connectivity index (χ4v) is 5.70. The van der Waals surface area contributed by atoms with Crippen LogP contribution in [0.2, 0.25) is 0 Å². The zero-order chi connectivity index (χ0) is 27.2. The first-order valence-electron chi connectivity index (χ1n) is 13.9. The number of aromatic amines is 2. The number of carbonyl (C=O) groups is 2. The van der Waals surface area contributed by atoms with Crippen LogP contribution in [0.5, 0.6) is 0 Å². The van der Waals surface area contributed by atoms with Gasteiger partial charge >= 0.3 is 0 Å². The molecule has 7 heteroatoms. The third kappa shape index (κ3) is 6.48. The molecule has 7 nitrogen and oxygen atoms in total. The Morgan fingerprint density at radius 3 is 2.56 bits per heavy atom. The van der Waals surface area contributed by atoms with Crippen LogP contribution < -0.4 is 10.9 Å². The molecule has 1 aliphatic heterocycles. The predicted octanol–water partition coefficient (Wildman–Crippen LogP) is 4.93. The number of benzene rings is 2. The number of aromatic nitrogens is 2. The second-order valence-electron chi connectivity index (χ2n) is 10.5. The summed E-state index contributed by atoms with van der Waals surface area (Å²) in [6, 6.07) is 20.0. The molecular formula is C32H36N4O3. The molecule has 0 saturated carbocycles. The Balaban J connectivity index is 1.18. The fraction of sp³-hybridized carbons (Fsp3) is 0.344. The number of likely N-dealkylation sites (tertiary alicyclic amines) is 1. The van der Waals surface area contributed by atoms with E-state index in [1.165, 1.54) is 28.3 Å². The first-order chi connectivity index (χ1) is 19.0. The molecule has 39 heavy (non-hydrogen) atoms. The lowest BCUT2D eigenvalue weighted by atomic mass is 9.90. The van der Waals surface area contributed by atoms with Crippen molar-refractivity contribution >= 4 is 22.7 Å². The van der Waals surface area contributed by atoms with Crippen molar-refractivity contribution < 1.29 is 9.59 Å². The average Bonchev–Trinajstić information content (AvgIpc) is 3.32. The Hall–Kier alpha value is -4.13. The molecule has 202 valence electrons. The van der Waals surface area contributed by atoms with Gasteiger partial charge in [-0.05, 0) is 66.5 Å². The highest BCUT2D eigenvalue weighted by molar-refractivity contribution is 5.85. The Morgan fingerprint density at radius 1 is 1.00 bits per heavy atom. The predicted molar refractivity (Wildman–Crippen MR) is 155 cm³/mol. The average molecular weight is 525 g/mol. The first kappa shape index (κ1) is 26.5. The number of piperidine rings is 1. The number of amides is 2. The summed E-state index contributed by atoms with van der Waals surface area (Å²) >= 11 is 0. The van der Waals surface area contributed by atoms with E-state index in [1.54, 1.807) is 13.1 Å². The van der Waals surface area contributed by atoms with Crippen LogP contribution in [0.15, 0.2) is 71.7 Å². The minimum Gasteiger partial charge on any atom is -0.358 e. The molecule has 1 atom stereocenters. The number of carbonyl (C=O) groups excluding carboxylic acids is 2. The number of nitrogens with one attached hydrogen (secondary N) is 3. The molecule has 2 aromatic heterocycles. The molecule has 0 aliphatic carbocycles. The lowest BCUT2D eigenvalue weighted by Gasteiger charge is -2.33. The van der Waals surface area contributed by atoms with Crippen LogP contribution in [0.4, 0.5) is 0 Å². The van der Waals surface area contributed by atoms with Crippen LogP contribution in [0.1, 0.15) is 55.3 Å². The van der Waals surface area contributed by atoms with E-state index in [-0.39, 0.29) is 23.3 Å². The van der Waals surface area contributed by atoms with Crippen LogP contribution in [0.3, 0.4) is 0 Å². The molecule has 3 heterocycles. The maximum absolute atomic E-state index is 13.2. The van der Waals surface area contributed by atoms with Crippen molar-refractivity contribution in [2.75, 3.05) is 19.6 Å². The van der Waals surface area contributed by atoms with E-state index in [0.29, 0.717) is 13.0 Å². The number of pyridine rings is 1. The lowest BCUT2D eigenvalue weighted by molar-refractivity contribution is -0.132. The largest absolute Gasteiger partial charge is 0.358 e. The quantitative estimate of drug-likeness (QED) is 0.290. The van der Waals surface area contributed by atoms with Gasteiger partial charge in [0, 0.05) is 67.8 Å². The zero-order valence-electron chi connectivity index (χ0n) is 22.5. The number of para-hydroxylation sites is 1. The fourth-order valence-electron chi connectivity index (χ4n) is 5.70. The van der Waals surface area contributed by atoms with Gasteiger partial charge < -0.3 is 20.2 Å². The van der Waals surface area contributed by atoms with E-state index < -0.39 is 0 Å². The minimum absolute atomic E-state index is 0.0180. The lowest BCUT2D eigenvalue weighted by Crippen LogP contribution is -2.39. The summed E-state index contributed by atoms with van der Waals surface area (Å²) in [5.74, 6) is 0.471. The van der Waals surface area contributed by atoms with E-state index in [0.717, 1.165) is 61.8 Å². The van der Waals surface area contributed by atoms with E-state index >= 15 is 0 Å². The van der Waals surface area contributed by atoms with Crippen molar-refractivity contribution in [2.24, 2.45) is 0 Å². The second kappa shape index (κ2) is 12.2. The van der Waals surface area contributed by atoms with Crippen molar-refractivity contribution in [3.05, 3.63) is 94.0 Å². The van der Waals surface area contributed by atoms with E-state index in [4.69, 9.17) is 0 Å². The number of H-pyrrole nitrogens is 2. The van der Waals surface area contributed by atoms with Gasteiger partial charge in [-0.25, -0.2) is 0 Å². The zero-order valence-corrected chi connectivity index (χ0v) is 22.5. The van der Waals surface area contributed by atoms with E-state index in [1.807, 2.05) is 17.0 Å². The SMILES string of the molecule is CC(=O)NCCc1c(C2CCCN(C(=O)CCCc3ccc(-c4ccc(=O)[nH]c4)cc3)C2)[nH]c2ccccc12. The molecule has 1 fully saturated rings. The summed E-state index contributed by atoms with van der Waals surface area (Å²) in [5, 5.41) is 4.13. The number of hydrogen-bond acceptors (Lipinski definition) is 3. The molecule has 4 aromatic rings. The number of fused-ring (bicyclic) bond motifs is 1. The minimum atomic E-state index is -0.108. The monoisotopic (exact) mass is 524 g/mol. The number of rotatable bonds is 9. The smallest absolute Gasteiger partial charge is 0.247 e. The summed E-state index contributed by atoms with van der Waals surface area (Å²) in [6.07, 6.45) is 6.73. The maximum Gasteiger partial charge on any atom is 0.247 e. The van der Waals surface area contributed by atoms with E-state index in [9.17, 15) is 14.4 Å². The molecule has 0 bridgehead atoms. The third-order valence-corrected chi connectivity index (χ3v) is 7.71. The standard InChI is InChI=1S/C32H36N4O3/c1-22(37)33-18-17-28-27-8-2-3-9-29(27)35-32(28)26-7-5-19-36(21-26)31(39)10-4-6-23-11-13-24(14-12-23)25-15-16-30(38)34-20-25/h2-3,8-9,11-16,20,26,35H,4-7,10,17-19,21H2,1H3,(H,33,37)(H,34,38). The summed E-state index contributed by atoms with van der Waals surface area (Å²) in [4.78, 5) is 44.3. The van der Waals surface area contributed by atoms with Crippen molar-refractivity contribution in [1.82, 2.24) is 20.2 Å². The van der Waals surface area contributed by atoms with Crippen molar-refractivity contribution in [3.8, 4) is 11.1 Å². The molecule has 1 unspecified atom stereocenters. The van der Waals surface area contributed by atoms with Gasteiger partial charge in [-0.3, -0.25) is 14.4 Å². The Kier molecular flexibility index (Phi) is 8.25. The van der Waals surface area contributed by atoms with Gasteiger partial charge in [0.1, 0.15) is 0 Å². The molecule has 0 spiro atoms.